The predicted molar refractivity (Wildman–Crippen MR) is 206 cm³/mol. The molecule has 298 valence electrons. The minimum absolute atomic E-state index is 0.0335. The second-order valence-electron chi connectivity index (χ2n) is 11.8. The van der Waals surface area contributed by atoms with Crippen molar-refractivity contribution in [1.82, 2.24) is 15.2 Å². The number of carbonyl (C=O) groups is 4. The molecule has 1 aliphatic heterocycles. The van der Waals surface area contributed by atoms with Gasteiger partial charge in [-0.25, -0.2) is 32.2 Å². The molecule has 2 aliphatic rings. The van der Waals surface area contributed by atoms with E-state index < -0.39 is 34.2 Å². The number of hydrogen-bond acceptors (Lipinski definition) is 13. The summed E-state index contributed by atoms with van der Waals surface area (Å²) in [4.78, 5) is 48.2. The van der Waals surface area contributed by atoms with Crippen molar-refractivity contribution < 1.29 is 55.5 Å². The van der Waals surface area contributed by atoms with Crippen molar-refractivity contribution in [3.05, 3.63) is 91.3 Å². The number of carbonyl (C=O) groups excluding carboxylic acids is 4. The van der Waals surface area contributed by atoms with E-state index in [1.165, 1.54) is 12.1 Å². The quantitative estimate of drug-likeness (QED) is 0.0265. The van der Waals surface area contributed by atoms with Crippen molar-refractivity contribution in [3.8, 4) is 22.5 Å². The van der Waals surface area contributed by atoms with Crippen molar-refractivity contribution in [2.24, 2.45) is 0 Å². The zero-order valence-corrected chi connectivity index (χ0v) is 31.9. The van der Waals surface area contributed by atoms with E-state index in [1.807, 2.05) is 35.5 Å². The summed E-state index contributed by atoms with van der Waals surface area (Å²) in [5.74, 6) is -0.803. The zero-order chi connectivity index (χ0) is 40.7. The summed E-state index contributed by atoms with van der Waals surface area (Å²) in [6, 6.07) is 16.8. The first-order chi connectivity index (χ1) is 26.9. The number of nitrogens with zero attached hydrogens (tertiary/aromatic N) is 2. The van der Waals surface area contributed by atoms with Gasteiger partial charge in [0.2, 0.25) is 5.36 Å². The number of anilines is 1. The highest BCUT2D eigenvalue weighted by Crippen LogP contribution is 2.42. The Morgan fingerprint density at radius 3 is 2.07 bits per heavy atom. The standard InChI is InChI=1S/C39H44N4O12S/c1-5-35(44)51-21-17-40-38(46)53-23-19-42(7-3)27-13-15-29-32(25-27)55-33-26-28(43(8-4)20-24-54-39(47)41-18-22-52-36(45)6-2)14-16-30(33)37(29)31-11-9-10-12-34(31)56(48,49)50/h5-6,9-16,25-26H,1-2,7-8,17-24H2,3-4H3,(H2-,40,41,46,47,48,49,50). The Morgan fingerprint density at radius 1 is 0.821 bits per heavy atom. The van der Waals surface area contributed by atoms with Gasteiger partial charge in [-0.15, -0.1) is 0 Å². The number of amides is 2. The van der Waals surface area contributed by atoms with Gasteiger partial charge in [0, 0.05) is 58.6 Å². The topological polar surface area (TPSA) is 206 Å². The molecule has 0 spiro atoms. The third-order valence-electron chi connectivity index (χ3n) is 8.36. The van der Waals surface area contributed by atoms with Gasteiger partial charge in [-0.3, -0.25) is 0 Å². The fraction of sp³-hybridized carbons (Fsp3) is 0.308. The van der Waals surface area contributed by atoms with Gasteiger partial charge in [-0.05, 0) is 38.1 Å². The number of benzene rings is 3. The summed E-state index contributed by atoms with van der Waals surface area (Å²) >= 11 is 0. The average Bonchev–Trinajstić information content (AvgIpc) is 3.19. The summed E-state index contributed by atoms with van der Waals surface area (Å²) in [6.07, 6.45) is 0.692. The molecule has 0 radical (unpaired) electrons. The van der Waals surface area contributed by atoms with E-state index in [9.17, 15) is 32.1 Å². The van der Waals surface area contributed by atoms with Crippen molar-refractivity contribution in [2.75, 3.05) is 70.6 Å². The SMILES string of the molecule is C=CC(=O)OCCNC(=O)OCCN(CC)c1ccc2c(-c3ccccc3S(=O)(=O)[O-])c3ccc(=[N+](CC)CCOC(=O)NCCOC(=O)C=C)cc-3oc2c1. The van der Waals surface area contributed by atoms with Crippen molar-refractivity contribution in [3.63, 3.8) is 0 Å². The molecule has 4 rings (SSSR count). The van der Waals surface area contributed by atoms with Crippen LogP contribution < -0.4 is 25.5 Å². The largest absolute Gasteiger partial charge is 0.744 e. The van der Waals surface area contributed by atoms with Crippen molar-refractivity contribution >= 4 is 50.9 Å². The van der Waals surface area contributed by atoms with Gasteiger partial charge < -0.3 is 43.5 Å². The van der Waals surface area contributed by atoms with Crippen LogP contribution in [0.4, 0.5) is 15.3 Å². The molecule has 0 saturated carbocycles. The number of likely N-dealkylation sites (N-methyl/N-ethyl adjacent to an activating group) is 2. The highest BCUT2D eigenvalue weighted by Gasteiger charge is 2.23. The van der Waals surface area contributed by atoms with Gasteiger partial charge >= 0.3 is 24.1 Å². The van der Waals surface area contributed by atoms with Gasteiger partial charge in [-0.2, -0.15) is 0 Å². The van der Waals surface area contributed by atoms with Gasteiger partial charge in [0.1, 0.15) is 47.8 Å². The highest BCUT2D eigenvalue weighted by atomic mass is 32.2. The molecule has 17 heteroatoms. The van der Waals surface area contributed by atoms with Crippen LogP contribution in [0.15, 0.2) is 95.3 Å². The number of alkyl carbamates (subject to hydrolysis) is 2. The molecule has 2 amide bonds. The molecule has 0 bridgehead atoms. The lowest BCUT2D eigenvalue weighted by Gasteiger charge is -2.24. The molecule has 2 N–H and O–H groups in total. The molecule has 16 nitrogen and oxygen atoms in total. The van der Waals surface area contributed by atoms with Gasteiger partial charge in [0.15, 0.2) is 13.2 Å². The molecule has 56 heavy (non-hydrogen) atoms. The third kappa shape index (κ3) is 11.6. The molecule has 0 atom stereocenters. The predicted octanol–water partition coefficient (Wildman–Crippen LogP) is 3.64. The molecule has 2 aromatic rings. The number of hydrogen-bond donors (Lipinski definition) is 2. The lowest BCUT2D eigenvalue weighted by atomic mass is 9.93. The Bertz CT molecular complexity index is 2220. The molecule has 0 unspecified atom stereocenters. The van der Waals surface area contributed by atoms with Crippen LogP contribution in [0.3, 0.4) is 0 Å². The molecular weight excluding hydrogens is 749 g/mol. The fourth-order valence-corrected chi connectivity index (χ4v) is 6.39. The van der Waals surface area contributed by atoms with Crippen LogP contribution in [-0.4, -0.2) is 103 Å². The van der Waals surface area contributed by atoms with Crippen LogP contribution >= 0.6 is 0 Å². The molecule has 1 heterocycles. The van der Waals surface area contributed by atoms with Crippen molar-refractivity contribution in [2.45, 2.75) is 18.7 Å². The van der Waals surface area contributed by atoms with E-state index in [-0.39, 0.29) is 50.0 Å². The maximum Gasteiger partial charge on any atom is 0.407 e. The highest BCUT2D eigenvalue weighted by molar-refractivity contribution is 7.85. The lowest BCUT2D eigenvalue weighted by Crippen LogP contribution is -2.35. The van der Waals surface area contributed by atoms with E-state index in [0.717, 1.165) is 23.2 Å². The molecule has 2 aromatic carbocycles. The van der Waals surface area contributed by atoms with Crippen molar-refractivity contribution in [1.29, 1.82) is 0 Å². The van der Waals surface area contributed by atoms with Crippen LogP contribution in [0.5, 0.6) is 0 Å². The van der Waals surface area contributed by atoms with E-state index in [1.54, 1.807) is 36.4 Å². The second kappa shape index (κ2) is 20.5. The maximum atomic E-state index is 12.5. The average molecular weight is 793 g/mol. The Hall–Kier alpha value is -6.20. The smallest absolute Gasteiger partial charge is 0.407 e. The maximum absolute atomic E-state index is 12.5. The van der Waals surface area contributed by atoms with Gasteiger partial charge in [-0.1, -0.05) is 31.4 Å². The molecule has 0 fully saturated rings. The Labute approximate surface area is 324 Å². The summed E-state index contributed by atoms with van der Waals surface area (Å²) in [7, 11) is -4.87. The molecule has 0 saturated heterocycles. The zero-order valence-electron chi connectivity index (χ0n) is 31.1. The number of esters is 2. The summed E-state index contributed by atoms with van der Waals surface area (Å²) < 4.78 is 66.1. The fourth-order valence-electron chi connectivity index (χ4n) is 5.71. The third-order valence-corrected chi connectivity index (χ3v) is 9.26. The first-order valence-corrected chi connectivity index (χ1v) is 19.1. The monoisotopic (exact) mass is 792 g/mol. The first-order valence-electron chi connectivity index (χ1n) is 17.7. The number of nitrogens with one attached hydrogen (secondary N) is 2. The summed E-state index contributed by atoms with van der Waals surface area (Å²) in [5.41, 5.74) is 2.37. The first kappa shape index (κ1) is 42.5. The van der Waals surface area contributed by atoms with E-state index >= 15 is 0 Å². The molecule has 0 aromatic heterocycles. The second-order valence-corrected chi connectivity index (χ2v) is 13.2. The van der Waals surface area contributed by atoms with E-state index in [2.05, 4.69) is 23.8 Å². The lowest BCUT2D eigenvalue weighted by molar-refractivity contribution is -0.138. The summed E-state index contributed by atoms with van der Waals surface area (Å²) in [6.45, 7) is 12.3. The van der Waals surface area contributed by atoms with Gasteiger partial charge in [0.05, 0.1) is 30.6 Å². The van der Waals surface area contributed by atoms with Crippen LogP contribution in [0.25, 0.3) is 33.4 Å². The molecule has 1 aliphatic carbocycles. The Balaban J connectivity index is 1.65. The Kier molecular flexibility index (Phi) is 15.6. The number of rotatable bonds is 19. The minimum atomic E-state index is -4.87. The van der Waals surface area contributed by atoms with Crippen LogP contribution in [0.1, 0.15) is 13.8 Å². The van der Waals surface area contributed by atoms with Crippen LogP contribution in [-0.2, 0) is 38.7 Å². The summed E-state index contributed by atoms with van der Waals surface area (Å²) in [5, 5.41) is 6.28. The van der Waals surface area contributed by atoms with Crippen LogP contribution in [0.2, 0.25) is 0 Å². The number of ether oxygens (including phenoxy) is 4. The van der Waals surface area contributed by atoms with Crippen LogP contribution in [0, 0.1) is 0 Å². The molecular formula is C39H44N4O12S. The van der Waals surface area contributed by atoms with Gasteiger partial charge in [0.25, 0.3) is 0 Å². The van der Waals surface area contributed by atoms with E-state index in [0.29, 0.717) is 54.0 Å². The number of fused-ring (bicyclic) bond motifs is 2. The minimum Gasteiger partial charge on any atom is -0.744 e. The van der Waals surface area contributed by atoms with E-state index in [4.69, 9.17) is 23.4 Å². The normalized spacial score (nSPS) is 11.6. The Morgan fingerprint density at radius 2 is 1.46 bits per heavy atom.